The van der Waals surface area contributed by atoms with Crippen LogP contribution in [0.1, 0.15) is 35.3 Å². The second-order valence-electron chi connectivity index (χ2n) is 7.32. The Morgan fingerprint density at radius 1 is 1.33 bits per heavy atom. The van der Waals surface area contributed by atoms with E-state index in [1.165, 1.54) is 0 Å². The summed E-state index contributed by atoms with van der Waals surface area (Å²) in [5.74, 6) is 0.283. The third kappa shape index (κ3) is 4.87. The Morgan fingerprint density at radius 2 is 2.13 bits per heavy atom. The van der Waals surface area contributed by atoms with Gasteiger partial charge in [-0.05, 0) is 33.6 Å². The average Bonchev–Trinajstić information content (AvgIpc) is 2.75. The van der Waals surface area contributed by atoms with E-state index in [1.54, 1.807) is 29.3 Å². The Hall–Kier alpha value is -2.32. The normalized spacial score (nSPS) is 20.9. The van der Waals surface area contributed by atoms with Gasteiger partial charge in [0.1, 0.15) is 17.5 Å². The second-order valence-corrected chi connectivity index (χ2v) is 8.61. The lowest BCUT2D eigenvalue weighted by molar-refractivity contribution is 0.000736. The highest BCUT2D eigenvalue weighted by molar-refractivity contribution is 9.10. The Balaban J connectivity index is 1.38. The van der Waals surface area contributed by atoms with Crippen molar-refractivity contribution in [1.29, 1.82) is 0 Å². The van der Waals surface area contributed by atoms with Gasteiger partial charge >= 0.3 is 6.09 Å². The topological polar surface area (TPSA) is 80.8 Å². The number of carbonyl (C=O) groups is 2. The zero-order valence-corrected chi connectivity index (χ0v) is 18.5. The summed E-state index contributed by atoms with van der Waals surface area (Å²) in [6.45, 7) is 1.43. The first-order chi connectivity index (χ1) is 14.5. The molecule has 3 heterocycles. The molecule has 158 valence electrons. The number of rotatable bonds is 5. The quantitative estimate of drug-likeness (QED) is 0.674. The van der Waals surface area contributed by atoms with Gasteiger partial charge in [-0.15, -0.1) is 0 Å². The monoisotopic (exact) mass is 493 g/mol. The summed E-state index contributed by atoms with van der Waals surface area (Å²) in [4.78, 5) is 30.4. The molecular weight excluding hydrogens is 474 g/mol. The highest BCUT2D eigenvalue weighted by Crippen LogP contribution is 2.31. The van der Waals surface area contributed by atoms with Crippen LogP contribution in [0.5, 0.6) is 5.75 Å². The maximum Gasteiger partial charge on any atom is 0.410 e. The van der Waals surface area contributed by atoms with Crippen molar-refractivity contribution in [3.63, 3.8) is 0 Å². The van der Waals surface area contributed by atoms with Crippen molar-refractivity contribution in [2.75, 3.05) is 13.2 Å². The summed E-state index contributed by atoms with van der Waals surface area (Å²) in [7, 11) is 0. The molecule has 0 unspecified atom stereocenters. The maximum atomic E-state index is 12.5. The Kier molecular flexibility index (Phi) is 6.43. The van der Waals surface area contributed by atoms with Crippen molar-refractivity contribution in [3.05, 3.63) is 57.3 Å². The van der Waals surface area contributed by atoms with Gasteiger partial charge in [0.15, 0.2) is 0 Å². The van der Waals surface area contributed by atoms with E-state index in [4.69, 9.17) is 21.1 Å². The molecule has 9 heteroatoms. The molecule has 1 aromatic carbocycles. The highest BCUT2D eigenvalue weighted by atomic mass is 79.9. The lowest BCUT2D eigenvalue weighted by Crippen LogP contribution is -2.52. The van der Waals surface area contributed by atoms with Crippen LogP contribution in [0.3, 0.4) is 0 Å². The third-order valence-electron chi connectivity index (χ3n) is 5.29. The average molecular weight is 495 g/mol. The summed E-state index contributed by atoms with van der Waals surface area (Å²) >= 11 is 9.34. The summed E-state index contributed by atoms with van der Waals surface area (Å²) in [5, 5.41) is 3.50. The molecule has 2 saturated heterocycles. The van der Waals surface area contributed by atoms with E-state index in [0.29, 0.717) is 41.4 Å². The van der Waals surface area contributed by atoms with Crippen LogP contribution in [-0.2, 0) is 11.3 Å². The van der Waals surface area contributed by atoms with E-state index in [2.05, 4.69) is 26.2 Å². The molecule has 0 saturated carbocycles. The van der Waals surface area contributed by atoms with E-state index in [9.17, 15) is 9.59 Å². The highest BCUT2D eigenvalue weighted by Gasteiger charge is 2.36. The fourth-order valence-electron chi connectivity index (χ4n) is 3.69. The number of pyridine rings is 1. The molecule has 0 bridgehead atoms. The zero-order chi connectivity index (χ0) is 21.1. The number of halogens is 2. The molecule has 1 aromatic heterocycles. The number of aromatic nitrogens is 1. The van der Waals surface area contributed by atoms with Gasteiger partial charge in [-0.3, -0.25) is 4.79 Å². The zero-order valence-electron chi connectivity index (χ0n) is 16.1. The number of cyclic esters (lactones) is 1. The maximum absolute atomic E-state index is 12.5. The standard InChI is InChI=1S/C21H21BrClN3O4/c22-17-12-24-18(20(27)25-11-13-1-3-14(23)4-2-13)10-19(17)30-16-5-7-26-15(9-16)6-8-29-21(26)28/h1-4,10,12,15-16H,5-9,11H2,(H,25,27)/t15-,16+/m1/s1. The number of hydrogen-bond acceptors (Lipinski definition) is 5. The molecule has 2 atom stereocenters. The second kappa shape index (κ2) is 9.22. The van der Waals surface area contributed by atoms with Gasteiger partial charge in [0, 0.05) is 55.7 Å². The van der Waals surface area contributed by atoms with E-state index in [-0.39, 0.29) is 29.8 Å². The Morgan fingerprint density at radius 3 is 2.93 bits per heavy atom. The SMILES string of the molecule is O=C(NCc1ccc(Cl)cc1)c1cc(O[C@H]2CCN3C(=O)OCC[C@@H]3C2)c(Br)cn1. The van der Waals surface area contributed by atoms with Gasteiger partial charge in [0.25, 0.3) is 5.91 Å². The number of fused-ring (bicyclic) bond motifs is 1. The number of piperidine rings is 1. The van der Waals surface area contributed by atoms with Crippen LogP contribution in [-0.4, -0.2) is 47.2 Å². The smallest absolute Gasteiger partial charge is 0.410 e. The summed E-state index contributed by atoms with van der Waals surface area (Å²) in [6, 6.07) is 9.06. The van der Waals surface area contributed by atoms with Crippen molar-refractivity contribution < 1.29 is 19.1 Å². The number of nitrogens with zero attached hydrogens (tertiary/aromatic N) is 2. The molecule has 0 aliphatic carbocycles. The molecule has 2 fully saturated rings. The van der Waals surface area contributed by atoms with Crippen molar-refractivity contribution in [2.24, 2.45) is 0 Å². The number of hydrogen-bond donors (Lipinski definition) is 1. The van der Waals surface area contributed by atoms with Crippen molar-refractivity contribution in [2.45, 2.75) is 38.0 Å². The van der Waals surface area contributed by atoms with Gasteiger partial charge in [-0.2, -0.15) is 0 Å². The van der Waals surface area contributed by atoms with Gasteiger partial charge in [-0.25, -0.2) is 9.78 Å². The van der Waals surface area contributed by atoms with Gasteiger partial charge in [0.05, 0.1) is 11.1 Å². The van der Waals surface area contributed by atoms with Crippen LogP contribution >= 0.6 is 27.5 Å². The van der Waals surface area contributed by atoms with Crippen LogP contribution in [0.2, 0.25) is 5.02 Å². The van der Waals surface area contributed by atoms with Crippen molar-refractivity contribution >= 4 is 39.5 Å². The molecule has 2 aliphatic rings. The lowest BCUT2D eigenvalue weighted by Gasteiger charge is -2.41. The molecular formula is C21H21BrClN3O4. The number of carbonyl (C=O) groups excluding carboxylic acids is 2. The third-order valence-corrected chi connectivity index (χ3v) is 6.14. The molecule has 2 amide bonds. The van der Waals surface area contributed by atoms with Crippen LogP contribution in [0.15, 0.2) is 41.0 Å². The first-order valence-electron chi connectivity index (χ1n) is 9.78. The molecule has 1 N–H and O–H groups in total. The van der Waals surface area contributed by atoms with E-state index >= 15 is 0 Å². The minimum Gasteiger partial charge on any atom is -0.489 e. The number of nitrogens with one attached hydrogen (secondary N) is 1. The minimum atomic E-state index is -0.285. The lowest BCUT2D eigenvalue weighted by atomic mass is 9.96. The molecule has 2 aliphatic heterocycles. The molecule has 4 rings (SSSR count). The van der Waals surface area contributed by atoms with E-state index < -0.39 is 0 Å². The number of amides is 2. The first kappa shape index (κ1) is 20.9. The van der Waals surface area contributed by atoms with Gasteiger partial charge in [0.2, 0.25) is 0 Å². The van der Waals surface area contributed by atoms with Crippen LogP contribution < -0.4 is 10.1 Å². The van der Waals surface area contributed by atoms with E-state index in [0.717, 1.165) is 18.4 Å². The summed E-state index contributed by atoms with van der Waals surface area (Å²) < 4.78 is 12.0. The van der Waals surface area contributed by atoms with Gasteiger partial charge in [-0.1, -0.05) is 23.7 Å². The molecule has 30 heavy (non-hydrogen) atoms. The Bertz CT molecular complexity index is 940. The van der Waals surface area contributed by atoms with Crippen LogP contribution in [0.4, 0.5) is 4.79 Å². The predicted octanol–water partition coefficient (Wildman–Crippen LogP) is 4.18. The minimum absolute atomic E-state index is 0.0409. The molecule has 0 spiro atoms. The predicted molar refractivity (Wildman–Crippen MR) is 115 cm³/mol. The fourth-order valence-corrected chi connectivity index (χ4v) is 4.13. The molecule has 0 radical (unpaired) electrons. The molecule has 2 aromatic rings. The van der Waals surface area contributed by atoms with Crippen LogP contribution in [0, 0.1) is 0 Å². The largest absolute Gasteiger partial charge is 0.489 e. The Labute approximate surface area is 187 Å². The van der Waals surface area contributed by atoms with Gasteiger partial charge < -0.3 is 19.7 Å². The molecule has 7 nitrogen and oxygen atoms in total. The summed E-state index contributed by atoms with van der Waals surface area (Å²) in [5.41, 5.74) is 1.22. The summed E-state index contributed by atoms with van der Waals surface area (Å²) in [6.07, 6.45) is 3.54. The van der Waals surface area contributed by atoms with Crippen molar-refractivity contribution in [3.8, 4) is 5.75 Å². The first-order valence-corrected chi connectivity index (χ1v) is 10.9. The van der Waals surface area contributed by atoms with Crippen LogP contribution in [0.25, 0.3) is 0 Å². The number of ether oxygens (including phenoxy) is 2. The number of benzene rings is 1. The fraction of sp³-hybridized carbons (Fsp3) is 0.381. The van der Waals surface area contributed by atoms with E-state index in [1.807, 2.05) is 12.1 Å². The van der Waals surface area contributed by atoms with Crippen molar-refractivity contribution in [1.82, 2.24) is 15.2 Å².